The molecule has 0 bridgehead atoms. The van der Waals surface area contributed by atoms with Crippen LogP contribution < -0.4 is 5.32 Å². The van der Waals surface area contributed by atoms with Crippen LogP contribution in [0.25, 0.3) is 11.4 Å². The minimum Gasteiger partial charge on any atom is -0.477 e. The van der Waals surface area contributed by atoms with Gasteiger partial charge in [0.05, 0.1) is 6.26 Å². The van der Waals surface area contributed by atoms with E-state index in [1.54, 1.807) is 18.3 Å². The van der Waals surface area contributed by atoms with Crippen LogP contribution in [0.3, 0.4) is 0 Å². The first-order valence-corrected chi connectivity index (χ1v) is 12.9. The molecule has 0 unspecified atom stereocenters. The Kier molecular flexibility index (Phi) is 6.80. The van der Waals surface area contributed by atoms with Gasteiger partial charge < -0.3 is 24.2 Å². The first-order chi connectivity index (χ1) is 17.9. The van der Waals surface area contributed by atoms with E-state index in [2.05, 4.69) is 15.5 Å². The fourth-order valence-corrected chi connectivity index (χ4v) is 6.51. The number of nitrogens with zero attached hydrogens (tertiary/aromatic N) is 4. The molecule has 1 saturated heterocycles. The summed E-state index contributed by atoms with van der Waals surface area (Å²) < 4.78 is 7.14. The van der Waals surface area contributed by atoms with E-state index in [4.69, 9.17) is 9.25 Å². The van der Waals surface area contributed by atoms with Gasteiger partial charge in [0.15, 0.2) is 5.76 Å². The number of oxime groups is 1. The van der Waals surface area contributed by atoms with E-state index < -0.39 is 29.2 Å². The zero-order valence-corrected chi connectivity index (χ0v) is 21.3. The first-order valence-electron chi connectivity index (χ1n) is 11.0. The Bertz CT molecular complexity index is 1410. The molecule has 2 N–H and O–H groups in total. The van der Waals surface area contributed by atoms with Crippen LogP contribution in [0.15, 0.2) is 80.1 Å². The number of nitrogens with one attached hydrogen (secondary N) is 1. The topological polar surface area (TPSA) is 139 Å². The number of benzene rings is 1. The molecule has 37 heavy (non-hydrogen) atoms. The highest BCUT2D eigenvalue weighted by atomic mass is 32.2. The maximum absolute atomic E-state index is 13.0. The zero-order valence-electron chi connectivity index (χ0n) is 19.7. The molecule has 0 saturated carbocycles. The highest BCUT2D eigenvalue weighted by molar-refractivity contribution is 8.06. The van der Waals surface area contributed by atoms with E-state index in [1.165, 1.54) is 41.8 Å². The third kappa shape index (κ3) is 4.62. The number of amides is 2. The summed E-state index contributed by atoms with van der Waals surface area (Å²) in [6.45, 7) is 0. The van der Waals surface area contributed by atoms with Crippen LogP contribution in [0.5, 0.6) is 0 Å². The summed E-state index contributed by atoms with van der Waals surface area (Å²) in [5.74, 6) is -1.01. The molecule has 11 nitrogen and oxygen atoms in total. The van der Waals surface area contributed by atoms with E-state index in [0.717, 1.165) is 16.3 Å². The van der Waals surface area contributed by atoms with Crippen molar-refractivity contribution in [3.8, 4) is 11.4 Å². The van der Waals surface area contributed by atoms with Crippen molar-refractivity contribution in [1.29, 1.82) is 0 Å². The molecular formula is C24H21N5O6S2. The predicted molar refractivity (Wildman–Crippen MR) is 136 cm³/mol. The van der Waals surface area contributed by atoms with Gasteiger partial charge in [0, 0.05) is 40.6 Å². The van der Waals surface area contributed by atoms with Gasteiger partial charge in [-0.2, -0.15) is 0 Å². The van der Waals surface area contributed by atoms with Crippen LogP contribution in [0.1, 0.15) is 5.76 Å². The summed E-state index contributed by atoms with van der Waals surface area (Å²) in [6.07, 6.45) is 4.97. The summed E-state index contributed by atoms with van der Waals surface area (Å²) in [5, 5.41) is 15.7. The van der Waals surface area contributed by atoms with E-state index in [-0.39, 0.29) is 17.2 Å². The molecule has 4 heterocycles. The number of fused-ring (bicyclic) bond motifs is 1. The summed E-state index contributed by atoms with van der Waals surface area (Å²) in [4.78, 5) is 49.7. The molecular weight excluding hydrogens is 518 g/mol. The van der Waals surface area contributed by atoms with Crippen molar-refractivity contribution in [2.75, 3.05) is 12.9 Å². The van der Waals surface area contributed by atoms with E-state index in [0.29, 0.717) is 10.7 Å². The third-order valence-corrected chi connectivity index (χ3v) is 8.30. The maximum atomic E-state index is 13.0. The predicted octanol–water partition coefficient (Wildman–Crippen LogP) is 2.52. The molecule has 190 valence electrons. The summed E-state index contributed by atoms with van der Waals surface area (Å²) in [5.41, 5.74) is 0.734. The summed E-state index contributed by atoms with van der Waals surface area (Å²) in [6, 6.07) is 9.85. The number of hydrogen-bond donors (Lipinski definition) is 2. The molecule has 2 atom stereocenters. The molecule has 3 aromatic rings. The van der Waals surface area contributed by atoms with Gasteiger partial charge in [-0.1, -0.05) is 29.1 Å². The summed E-state index contributed by atoms with van der Waals surface area (Å²) in [7, 11) is 3.20. The highest BCUT2D eigenvalue weighted by Gasteiger charge is 2.54. The molecule has 0 spiro atoms. The number of imidazole rings is 1. The molecule has 2 aromatic heterocycles. The number of carbonyl (C=O) groups is 3. The summed E-state index contributed by atoms with van der Waals surface area (Å²) >= 11 is 2.68. The lowest BCUT2D eigenvalue weighted by atomic mass is 10.0. The van der Waals surface area contributed by atoms with Crippen LogP contribution in [0, 0.1) is 0 Å². The average molecular weight is 540 g/mol. The highest BCUT2D eigenvalue weighted by Crippen LogP contribution is 2.45. The van der Waals surface area contributed by atoms with Crippen LogP contribution in [-0.4, -0.2) is 67.3 Å². The number of carboxylic acid groups (broad SMARTS) is 1. The van der Waals surface area contributed by atoms with E-state index in [1.807, 2.05) is 42.1 Å². The molecule has 0 radical (unpaired) electrons. The Morgan fingerprint density at radius 1 is 1.30 bits per heavy atom. The van der Waals surface area contributed by atoms with Crippen molar-refractivity contribution in [3.63, 3.8) is 0 Å². The molecule has 5 rings (SSSR count). The second-order valence-corrected chi connectivity index (χ2v) is 10.3. The van der Waals surface area contributed by atoms with Crippen LogP contribution >= 0.6 is 23.5 Å². The standard InChI is InChI=1S/C24H21N5O6S2/c1-28-10-9-25-20(28)13-5-7-14(8-6-13)37-16-12-36-23-18(22(31)29(23)19(16)24(32)33)26-21(30)17(27-34-2)15-4-3-11-35-15/h3-11,18,23H,12H2,1-2H3,(H,26,30)(H,32,33)/t18-,23+/m1/s1. The molecule has 2 aliphatic rings. The Morgan fingerprint density at radius 3 is 2.70 bits per heavy atom. The number of aliphatic carboxylic acids is 1. The Morgan fingerprint density at radius 2 is 2.08 bits per heavy atom. The maximum Gasteiger partial charge on any atom is 0.353 e. The molecule has 0 aliphatic carbocycles. The monoisotopic (exact) mass is 539 g/mol. The second-order valence-electron chi connectivity index (χ2n) is 8.03. The fraction of sp³-hybridized carbons (Fsp3) is 0.208. The third-order valence-electron chi connectivity index (χ3n) is 5.75. The minimum atomic E-state index is -1.20. The quantitative estimate of drug-likeness (QED) is 0.251. The lowest BCUT2D eigenvalue weighted by molar-refractivity contribution is -0.150. The van der Waals surface area contributed by atoms with Crippen LogP contribution in [-0.2, 0) is 26.3 Å². The Balaban J connectivity index is 1.32. The number of carbonyl (C=O) groups excluding carboxylic acids is 2. The van der Waals surface area contributed by atoms with E-state index in [9.17, 15) is 19.5 Å². The number of aromatic nitrogens is 2. The number of carboxylic acids is 1. The van der Waals surface area contributed by atoms with Gasteiger partial charge in [-0.25, -0.2) is 9.78 Å². The molecule has 2 aliphatic heterocycles. The van der Waals surface area contributed by atoms with E-state index >= 15 is 0 Å². The lowest BCUT2D eigenvalue weighted by Gasteiger charge is -2.49. The van der Waals surface area contributed by atoms with Gasteiger partial charge in [-0.3, -0.25) is 14.5 Å². The molecule has 13 heteroatoms. The largest absolute Gasteiger partial charge is 0.477 e. The van der Waals surface area contributed by atoms with Gasteiger partial charge in [-0.05, 0) is 24.3 Å². The minimum absolute atomic E-state index is 0.0748. The number of β-lactam (4-membered cyclic amide) rings is 1. The van der Waals surface area contributed by atoms with Crippen molar-refractivity contribution in [3.05, 3.63) is 71.4 Å². The van der Waals surface area contributed by atoms with Crippen molar-refractivity contribution in [1.82, 2.24) is 19.8 Å². The Hall–Kier alpha value is -3.97. The lowest BCUT2D eigenvalue weighted by Crippen LogP contribution is -2.71. The average Bonchev–Trinajstić information content (AvgIpc) is 3.58. The number of aryl methyl sites for hydroxylation is 1. The fourth-order valence-electron chi connectivity index (χ4n) is 4.04. The van der Waals surface area contributed by atoms with Crippen molar-refractivity contribution in [2.24, 2.45) is 12.2 Å². The van der Waals surface area contributed by atoms with Crippen molar-refractivity contribution >= 4 is 47.0 Å². The number of furan rings is 1. The second kappa shape index (κ2) is 10.2. The molecule has 1 fully saturated rings. The number of rotatable bonds is 8. The first kappa shape index (κ1) is 24.7. The smallest absolute Gasteiger partial charge is 0.353 e. The van der Waals surface area contributed by atoms with Gasteiger partial charge in [0.25, 0.3) is 11.8 Å². The molecule has 2 amide bonds. The van der Waals surface area contributed by atoms with Gasteiger partial charge >= 0.3 is 5.97 Å². The molecule has 1 aromatic carbocycles. The van der Waals surface area contributed by atoms with Gasteiger partial charge in [-0.15, -0.1) is 11.8 Å². The van der Waals surface area contributed by atoms with Gasteiger partial charge in [0.1, 0.15) is 30.0 Å². The van der Waals surface area contributed by atoms with Crippen LogP contribution in [0.4, 0.5) is 0 Å². The zero-order chi connectivity index (χ0) is 26.1. The number of hydrogen-bond acceptors (Lipinski definition) is 9. The normalized spacial score (nSPS) is 19.4. The SMILES string of the molecule is CON=C(C(=O)N[C@@H]1C(=O)N2C(C(=O)O)=C(Sc3ccc(-c4nccn4C)cc3)CS[C@@H]12)c1ccco1. The van der Waals surface area contributed by atoms with Crippen molar-refractivity contribution in [2.45, 2.75) is 16.3 Å². The van der Waals surface area contributed by atoms with Crippen molar-refractivity contribution < 1.29 is 28.7 Å². The van der Waals surface area contributed by atoms with Crippen LogP contribution in [0.2, 0.25) is 0 Å². The Labute approximate surface area is 219 Å². The number of thioether (sulfide) groups is 2. The van der Waals surface area contributed by atoms with Gasteiger partial charge in [0.2, 0.25) is 5.71 Å².